The predicted octanol–water partition coefficient (Wildman–Crippen LogP) is 4.37. The van der Waals surface area contributed by atoms with Gasteiger partial charge in [0.2, 0.25) is 0 Å². The summed E-state index contributed by atoms with van der Waals surface area (Å²) in [5.41, 5.74) is 3.40. The summed E-state index contributed by atoms with van der Waals surface area (Å²) in [5.74, 6) is -1.19. The molecular formula is C26H27F2N5O2. The van der Waals surface area contributed by atoms with Crippen molar-refractivity contribution in [2.45, 2.75) is 56.9 Å². The number of fused-ring (bicyclic) bond motifs is 1. The van der Waals surface area contributed by atoms with E-state index in [2.05, 4.69) is 18.3 Å². The molecule has 1 aliphatic heterocycles. The van der Waals surface area contributed by atoms with Crippen molar-refractivity contribution in [2.75, 3.05) is 25.5 Å². The average Bonchev–Trinajstić information content (AvgIpc) is 3.40. The van der Waals surface area contributed by atoms with E-state index < -0.39 is 5.92 Å². The van der Waals surface area contributed by atoms with Crippen LogP contribution in [0.5, 0.6) is 5.75 Å². The SMILES string of the molecule is COc1cc(C(=O)N2CCC(F)(F)CC2)ccc1Cc1nc2c(c(NC3(C)CC3)n1)C(C#N)=CC2. The molecule has 1 aromatic carbocycles. The molecule has 2 aromatic rings. The number of methoxy groups -OCH3 is 1. The number of alkyl halides is 2. The maximum atomic E-state index is 13.5. The van der Waals surface area contributed by atoms with Crippen LogP contribution in [0.25, 0.3) is 5.57 Å². The second kappa shape index (κ2) is 8.59. The fourth-order valence-corrected chi connectivity index (χ4v) is 4.57. The van der Waals surface area contributed by atoms with Gasteiger partial charge in [0.1, 0.15) is 17.4 Å². The number of nitrogens with zero attached hydrogens (tertiary/aromatic N) is 4. The maximum Gasteiger partial charge on any atom is 0.253 e. The van der Waals surface area contributed by atoms with Crippen LogP contribution < -0.4 is 10.1 Å². The predicted molar refractivity (Wildman–Crippen MR) is 126 cm³/mol. The van der Waals surface area contributed by atoms with Gasteiger partial charge in [0.25, 0.3) is 11.8 Å². The molecule has 2 heterocycles. The molecule has 35 heavy (non-hydrogen) atoms. The summed E-state index contributed by atoms with van der Waals surface area (Å²) < 4.78 is 32.5. The van der Waals surface area contributed by atoms with Crippen molar-refractivity contribution in [3.05, 3.63) is 52.5 Å². The highest BCUT2D eigenvalue weighted by atomic mass is 19.3. The van der Waals surface area contributed by atoms with E-state index in [9.17, 15) is 18.8 Å². The molecule has 1 aromatic heterocycles. The van der Waals surface area contributed by atoms with Gasteiger partial charge >= 0.3 is 0 Å². The number of amides is 1. The Kier molecular flexibility index (Phi) is 5.70. The molecule has 1 saturated heterocycles. The van der Waals surface area contributed by atoms with Crippen molar-refractivity contribution in [3.8, 4) is 11.8 Å². The number of hydrogen-bond acceptors (Lipinski definition) is 6. The van der Waals surface area contributed by atoms with Gasteiger partial charge in [-0.25, -0.2) is 18.7 Å². The van der Waals surface area contributed by atoms with Crippen LogP contribution in [0.15, 0.2) is 24.3 Å². The highest BCUT2D eigenvalue weighted by Crippen LogP contribution is 2.41. The Labute approximate surface area is 202 Å². The van der Waals surface area contributed by atoms with Gasteiger partial charge in [-0.15, -0.1) is 0 Å². The molecule has 0 spiro atoms. The van der Waals surface area contributed by atoms with Crippen LogP contribution in [0.1, 0.15) is 65.6 Å². The van der Waals surface area contributed by atoms with Crippen molar-refractivity contribution in [2.24, 2.45) is 0 Å². The molecule has 9 heteroatoms. The number of aromatic nitrogens is 2. The molecule has 7 nitrogen and oxygen atoms in total. The van der Waals surface area contributed by atoms with Gasteiger partial charge in [0.15, 0.2) is 0 Å². The van der Waals surface area contributed by atoms with Gasteiger partial charge < -0.3 is 15.0 Å². The Balaban J connectivity index is 1.39. The number of carbonyl (C=O) groups is 1. The van der Waals surface area contributed by atoms with Crippen molar-refractivity contribution in [3.63, 3.8) is 0 Å². The van der Waals surface area contributed by atoms with Gasteiger partial charge in [-0.3, -0.25) is 4.79 Å². The largest absolute Gasteiger partial charge is 0.496 e. The van der Waals surface area contributed by atoms with E-state index >= 15 is 0 Å². The minimum Gasteiger partial charge on any atom is -0.496 e. The molecule has 1 saturated carbocycles. The van der Waals surface area contributed by atoms with Crippen molar-refractivity contribution in [1.82, 2.24) is 14.9 Å². The van der Waals surface area contributed by atoms with Gasteiger partial charge in [0, 0.05) is 55.4 Å². The van der Waals surface area contributed by atoms with Crippen LogP contribution in [-0.4, -0.2) is 52.4 Å². The molecule has 2 aliphatic carbocycles. The monoisotopic (exact) mass is 479 g/mol. The molecule has 0 bridgehead atoms. The van der Waals surface area contributed by atoms with Crippen LogP contribution in [0.2, 0.25) is 0 Å². The van der Waals surface area contributed by atoms with Crippen LogP contribution in [0, 0.1) is 11.3 Å². The van der Waals surface area contributed by atoms with Gasteiger partial charge in [-0.05, 0) is 31.9 Å². The molecule has 1 amide bonds. The van der Waals surface area contributed by atoms with Crippen LogP contribution in [-0.2, 0) is 12.8 Å². The normalized spacial score (nSPS) is 19.4. The lowest BCUT2D eigenvalue weighted by Gasteiger charge is -2.31. The molecule has 0 atom stereocenters. The Morgan fingerprint density at radius 3 is 2.63 bits per heavy atom. The average molecular weight is 480 g/mol. The highest BCUT2D eigenvalue weighted by Gasteiger charge is 2.39. The summed E-state index contributed by atoms with van der Waals surface area (Å²) in [7, 11) is 1.53. The first-order valence-electron chi connectivity index (χ1n) is 11.8. The number of rotatable bonds is 6. The number of carbonyl (C=O) groups excluding carboxylic acids is 1. The summed E-state index contributed by atoms with van der Waals surface area (Å²) in [4.78, 5) is 23.8. The number of nitriles is 1. The minimum absolute atomic E-state index is 0.0132. The smallest absolute Gasteiger partial charge is 0.253 e. The van der Waals surface area contributed by atoms with E-state index in [0.717, 1.165) is 29.7 Å². The number of anilines is 1. The van der Waals surface area contributed by atoms with E-state index in [1.165, 1.54) is 12.0 Å². The number of hydrogen-bond donors (Lipinski definition) is 1. The minimum atomic E-state index is -2.71. The second-order valence-corrected chi connectivity index (χ2v) is 9.78. The number of nitrogens with one attached hydrogen (secondary N) is 1. The third-order valence-corrected chi connectivity index (χ3v) is 7.00. The van der Waals surface area contributed by atoms with Crippen molar-refractivity contribution in [1.29, 1.82) is 5.26 Å². The summed E-state index contributed by atoms with van der Waals surface area (Å²) in [6.45, 7) is 2.20. The van der Waals surface area contributed by atoms with E-state index in [1.54, 1.807) is 18.2 Å². The highest BCUT2D eigenvalue weighted by molar-refractivity contribution is 5.95. The zero-order valence-corrected chi connectivity index (χ0v) is 19.8. The number of benzene rings is 1. The number of allylic oxidation sites excluding steroid dienone is 2. The molecule has 5 rings (SSSR count). The Bertz CT molecular complexity index is 1250. The summed E-state index contributed by atoms with van der Waals surface area (Å²) in [5, 5.41) is 13.0. The molecular weight excluding hydrogens is 452 g/mol. The van der Waals surface area contributed by atoms with Crippen LogP contribution in [0.4, 0.5) is 14.6 Å². The van der Waals surface area contributed by atoms with Crippen molar-refractivity contribution >= 4 is 17.3 Å². The quantitative estimate of drug-likeness (QED) is 0.662. The molecule has 2 fully saturated rings. The molecule has 3 aliphatic rings. The third kappa shape index (κ3) is 4.70. The lowest BCUT2D eigenvalue weighted by Crippen LogP contribution is -2.42. The second-order valence-electron chi connectivity index (χ2n) is 9.78. The Hall–Kier alpha value is -3.54. The standard InChI is InChI=1S/C26H27F2N5O2/c1-25(7-8-25)32-23-22-18(15-29)5-6-19(22)30-21(31-23)14-16-3-4-17(13-20(16)35-2)24(34)33-11-9-26(27,28)10-12-33/h3-5,13H,6-12,14H2,1-2H3,(H,30,31,32). The van der Waals surface area contributed by atoms with Gasteiger partial charge in [0.05, 0.1) is 30.0 Å². The van der Waals surface area contributed by atoms with E-state index in [0.29, 0.717) is 41.4 Å². The molecule has 1 N–H and O–H groups in total. The topological polar surface area (TPSA) is 91.1 Å². The fraction of sp³-hybridized carbons (Fsp3) is 0.462. The molecule has 182 valence electrons. The first-order chi connectivity index (χ1) is 16.7. The number of halogens is 2. The van der Waals surface area contributed by atoms with E-state index in [-0.39, 0.29) is 37.4 Å². The van der Waals surface area contributed by atoms with Crippen LogP contribution >= 0.6 is 0 Å². The summed E-state index contributed by atoms with van der Waals surface area (Å²) >= 11 is 0. The number of piperidine rings is 1. The van der Waals surface area contributed by atoms with Crippen molar-refractivity contribution < 1.29 is 18.3 Å². The zero-order chi connectivity index (χ0) is 24.8. The number of likely N-dealkylation sites (tertiary alicyclic amines) is 1. The first-order valence-corrected chi connectivity index (χ1v) is 11.8. The lowest BCUT2D eigenvalue weighted by molar-refractivity contribution is -0.0494. The molecule has 0 unspecified atom stereocenters. The van der Waals surface area contributed by atoms with Gasteiger partial charge in [-0.1, -0.05) is 12.1 Å². The zero-order valence-electron chi connectivity index (χ0n) is 19.8. The Morgan fingerprint density at radius 2 is 1.97 bits per heavy atom. The summed E-state index contributed by atoms with van der Waals surface area (Å²) in [6, 6.07) is 7.39. The fourth-order valence-electron chi connectivity index (χ4n) is 4.57. The third-order valence-electron chi connectivity index (χ3n) is 7.00. The maximum absolute atomic E-state index is 13.5. The lowest BCUT2D eigenvalue weighted by atomic mass is 10.0. The van der Waals surface area contributed by atoms with Gasteiger partial charge in [-0.2, -0.15) is 5.26 Å². The Morgan fingerprint density at radius 1 is 1.23 bits per heavy atom. The van der Waals surface area contributed by atoms with E-state index in [4.69, 9.17) is 14.7 Å². The van der Waals surface area contributed by atoms with E-state index in [1.807, 2.05) is 6.08 Å². The van der Waals surface area contributed by atoms with Crippen LogP contribution in [0.3, 0.4) is 0 Å². The first kappa shape index (κ1) is 23.2. The number of ether oxygens (including phenoxy) is 1. The summed E-state index contributed by atoms with van der Waals surface area (Å²) in [6.07, 6.45) is 4.30. The molecule has 0 radical (unpaired) electrons.